The number of pyridine rings is 1. The number of hydrogen-bond donors (Lipinski definition) is 1. The number of likely N-dealkylation sites (tertiary alicyclic amines) is 1. The van der Waals surface area contributed by atoms with Crippen LogP contribution in [0.25, 0.3) is 11.0 Å². The molecule has 0 atom stereocenters. The van der Waals surface area contributed by atoms with Crippen molar-refractivity contribution < 1.29 is 0 Å². The van der Waals surface area contributed by atoms with Crippen molar-refractivity contribution in [3.63, 3.8) is 0 Å². The highest BCUT2D eigenvalue weighted by molar-refractivity contribution is 7.99. The van der Waals surface area contributed by atoms with Gasteiger partial charge in [-0.3, -0.25) is 4.98 Å². The summed E-state index contributed by atoms with van der Waals surface area (Å²) < 4.78 is 0. The number of piperidine rings is 1. The lowest BCUT2D eigenvalue weighted by atomic mass is 10.1. The second-order valence-corrected chi connectivity index (χ2v) is 9.08. The molecule has 1 aromatic carbocycles. The number of benzene rings is 1. The van der Waals surface area contributed by atoms with Crippen molar-refractivity contribution >= 4 is 34.6 Å². The predicted molar refractivity (Wildman–Crippen MR) is 116 cm³/mol. The molecule has 0 spiro atoms. The molecule has 0 amide bonds. The van der Waals surface area contributed by atoms with Crippen LogP contribution in [0.3, 0.4) is 0 Å². The summed E-state index contributed by atoms with van der Waals surface area (Å²) in [6, 6.07) is 10.3. The fourth-order valence-corrected chi connectivity index (χ4v) is 5.43. The van der Waals surface area contributed by atoms with Crippen LogP contribution < -0.4 is 0 Å². The number of aromatic nitrogens is 3. The Labute approximate surface area is 169 Å². The summed E-state index contributed by atoms with van der Waals surface area (Å²) >= 11 is 3.69. The Balaban J connectivity index is 1.34. The summed E-state index contributed by atoms with van der Waals surface area (Å²) in [5.41, 5.74) is 4.58. The molecule has 0 unspecified atom stereocenters. The molecule has 0 saturated carbocycles. The molecule has 0 aliphatic carbocycles. The highest BCUT2D eigenvalue weighted by Gasteiger charge is 2.12. The van der Waals surface area contributed by atoms with E-state index >= 15 is 0 Å². The van der Waals surface area contributed by atoms with E-state index in [1.165, 1.54) is 49.4 Å². The molecule has 6 heteroatoms. The maximum atomic E-state index is 4.65. The van der Waals surface area contributed by atoms with Gasteiger partial charge in [-0.1, -0.05) is 30.3 Å². The zero-order valence-electron chi connectivity index (χ0n) is 15.8. The van der Waals surface area contributed by atoms with Crippen LogP contribution in [0.15, 0.2) is 46.6 Å². The minimum Gasteiger partial charge on any atom is -0.333 e. The zero-order valence-corrected chi connectivity index (χ0v) is 17.4. The molecule has 1 N–H and O–H groups in total. The molecule has 4 nitrogen and oxygen atoms in total. The molecule has 0 radical (unpaired) electrons. The normalized spacial score (nSPS) is 15.4. The van der Waals surface area contributed by atoms with E-state index in [1.54, 1.807) is 11.8 Å². The Morgan fingerprint density at radius 2 is 1.93 bits per heavy atom. The first-order valence-electron chi connectivity index (χ1n) is 9.67. The van der Waals surface area contributed by atoms with Crippen LogP contribution in [0, 0.1) is 6.92 Å². The van der Waals surface area contributed by atoms with Crippen molar-refractivity contribution in [2.24, 2.45) is 0 Å². The van der Waals surface area contributed by atoms with Gasteiger partial charge in [-0.25, -0.2) is 4.98 Å². The standard InChI is InChI=1S/C21H26N4S2/c1-16-19(15-27-21-23-17-7-3-4-8-18(17)24-21)22-10-9-20(16)26-14-13-25-11-5-2-6-12-25/h3-4,7-10H,2,5-6,11-15H2,1H3,(H,23,24). The van der Waals surface area contributed by atoms with Crippen molar-refractivity contribution in [2.75, 3.05) is 25.4 Å². The summed E-state index contributed by atoms with van der Waals surface area (Å²) in [5, 5.41) is 0.959. The average Bonchev–Trinajstić information content (AvgIpc) is 3.12. The minimum absolute atomic E-state index is 0.839. The van der Waals surface area contributed by atoms with Gasteiger partial charge in [0.2, 0.25) is 0 Å². The van der Waals surface area contributed by atoms with Gasteiger partial charge in [0.05, 0.1) is 16.7 Å². The number of aromatic amines is 1. The maximum Gasteiger partial charge on any atom is 0.166 e. The molecular formula is C21H26N4S2. The summed E-state index contributed by atoms with van der Waals surface area (Å²) in [5.74, 6) is 1.99. The van der Waals surface area contributed by atoms with Crippen molar-refractivity contribution in [3.05, 3.63) is 47.8 Å². The molecule has 1 aliphatic heterocycles. The van der Waals surface area contributed by atoms with Crippen molar-refractivity contribution in [1.29, 1.82) is 0 Å². The topological polar surface area (TPSA) is 44.8 Å². The van der Waals surface area contributed by atoms with Crippen LogP contribution in [-0.4, -0.2) is 45.2 Å². The highest BCUT2D eigenvalue weighted by atomic mass is 32.2. The van der Waals surface area contributed by atoms with Crippen LogP contribution in [0.1, 0.15) is 30.5 Å². The summed E-state index contributed by atoms with van der Waals surface area (Å²) in [6.45, 7) is 5.94. The van der Waals surface area contributed by atoms with Crippen LogP contribution in [0.5, 0.6) is 0 Å². The van der Waals surface area contributed by atoms with Gasteiger partial charge in [0.25, 0.3) is 0 Å². The first kappa shape index (κ1) is 18.8. The number of H-pyrrole nitrogens is 1. The van der Waals surface area contributed by atoms with Crippen molar-refractivity contribution in [1.82, 2.24) is 19.9 Å². The van der Waals surface area contributed by atoms with E-state index in [2.05, 4.69) is 38.9 Å². The number of thioether (sulfide) groups is 2. The van der Waals surface area contributed by atoms with Crippen molar-refractivity contribution in [3.8, 4) is 0 Å². The molecule has 142 valence electrons. The number of fused-ring (bicyclic) bond motifs is 1. The van der Waals surface area contributed by atoms with E-state index in [9.17, 15) is 0 Å². The number of para-hydroxylation sites is 2. The van der Waals surface area contributed by atoms with Gasteiger partial charge in [-0.15, -0.1) is 11.8 Å². The molecule has 1 aliphatic rings. The number of nitrogens with zero attached hydrogens (tertiary/aromatic N) is 3. The lowest BCUT2D eigenvalue weighted by Crippen LogP contribution is -2.31. The quantitative estimate of drug-likeness (QED) is 0.559. The van der Waals surface area contributed by atoms with E-state index in [-0.39, 0.29) is 0 Å². The first-order valence-corrected chi connectivity index (χ1v) is 11.6. The van der Waals surface area contributed by atoms with Gasteiger partial charge in [0.15, 0.2) is 5.16 Å². The van der Waals surface area contributed by atoms with Crippen LogP contribution in [0.4, 0.5) is 0 Å². The summed E-state index contributed by atoms with van der Waals surface area (Å²) in [6.07, 6.45) is 6.08. The molecular weight excluding hydrogens is 372 g/mol. The van der Waals surface area contributed by atoms with E-state index in [0.29, 0.717) is 0 Å². The van der Waals surface area contributed by atoms with E-state index < -0.39 is 0 Å². The minimum atomic E-state index is 0.839. The van der Waals surface area contributed by atoms with Gasteiger partial charge in [0.1, 0.15) is 0 Å². The lowest BCUT2D eigenvalue weighted by molar-refractivity contribution is 0.242. The molecule has 1 saturated heterocycles. The number of hydrogen-bond acceptors (Lipinski definition) is 5. The number of imidazole rings is 1. The van der Waals surface area contributed by atoms with Gasteiger partial charge in [0, 0.05) is 29.1 Å². The smallest absolute Gasteiger partial charge is 0.166 e. The lowest BCUT2D eigenvalue weighted by Gasteiger charge is -2.26. The average molecular weight is 399 g/mol. The molecule has 0 bridgehead atoms. The van der Waals surface area contributed by atoms with Gasteiger partial charge in [-0.2, -0.15) is 0 Å². The fourth-order valence-electron chi connectivity index (χ4n) is 3.46. The molecule has 2 aromatic heterocycles. The van der Waals surface area contributed by atoms with E-state index in [0.717, 1.165) is 33.4 Å². The second-order valence-electron chi connectivity index (χ2n) is 6.98. The predicted octanol–water partition coefficient (Wildman–Crippen LogP) is 5.14. The summed E-state index contributed by atoms with van der Waals surface area (Å²) in [7, 11) is 0. The Morgan fingerprint density at radius 3 is 2.78 bits per heavy atom. The first-order chi connectivity index (χ1) is 13.3. The third-order valence-electron chi connectivity index (χ3n) is 5.09. The van der Waals surface area contributed by atoms with E-state index in [1.807, 2.05) is 36.2 Å². The largest absolute Gasteiger partial charge is 0.333 e. The maximum absolute atomic E-state index is 4.65. The number of nitrogens with one attached hydrogen (secondary N) is 1. The summed E-state index contributed by atoms with van der Waals surface area (Å²) in [4.78, 5) is 16.6. The molecule has 4 rings (SSSR count). The molecule has 3 aromatic rings. The van der Waals surface area contributed by atoms with Gasteiger partial charge >= 0.3 is 0 Å². The Bertz CT molecular complexity index is 854. The monoisotopic (exact) mass is 398 g/mol. The second kappa shape index (κ2) is 9.13. The Morgan fingerprint density at radius 1 is 1.07 bits per heavy atom. The Hall–Kier alpha value is -1.50. The van der Waals surface area contributed by atoms with Crippen molar-refractivity contribution in [2.45, 2.75) is 42.0 Å². The van der Waals surface area contributed by atoms with Gasteiger partial charge in [-0.05, 0) is 56.6 Å². The Kier molecular flexibility index (Phi) is 6.37. The molecule has 27 heavy (non-hydrogen) atoms. The number of rotatable bonds is 7. The molecule has 3 heterocycles. The highest BCUT2D eigenvalue weighted by Crippen LogP contribution is 2.28. The third-order valence-corrected chi connectivity index (χ3v) is 7.11. The van der Waals surface area contributed by atoms with E-state index in [4.69, 9.17) is 0 Å². The fraction of sp³-hybridized carbons (Fsp3) is 0.429. The van der Waals surface area contributed by atoms with Crippen LogP contribution >= 0.6 is 23.5 Å². The third kappa shape index (κ3) is 4.86. The van der Waals surface area contributed by atoms with Crippen LogP contribution in [0.2, 0.25) is 0 Å². The SMILES string of the molecule is Cc1c(SCCN2CCCCC2)ccnc1CSc1nc2ccccc2[nH]1. The van der Waals surface area contributed by atoms with Gasteiger partial charge < -0.3 is 9.88 Å². The molecule has 1 fully saturated rings. The van der Waals surface area contributed by atoms with Crippen LogP contribution in [-0.2, 0) is 5.75 Å². The zero-order chi connectivity index (χ0) is 18.5.